The molecule has 0 amide bonds. The molecule has 0 radical (unpaired) electrons. The maximum atomic E-state index is 5.40. The molecule has 4 rings (SSSR count). The Kier molecular flexibility index (Phi) is 14.5. The van der Waals surface area contributed by atoms with Crippen LogP contribution in [0.25, 0.3) is 0 Å². The van der Waals surface area contributed by atoms with E-state index in [4.69, 9.17) is 4.74 Å². The Morgan fingerprint density at radius 1 is 0.906 bits per heavy atom. The molecular formula is C28H47N3O. The van der Waals surface area contributed by atoms with Crippen molar-refractivity contribution in [3.8, 4) is 5.75 Å². The molecule has 0 spiro atoms. The highest BCUT2D eigenvalue weighted by Crippen LogP contribution is 2.30. The summed E-state index contributed by atoms with van der Waals surface area (Å²) >= 11 is 0. The molecule has 0 saturated carbocycles. The standard InChI is InChI=1S/C22H29N3O.3C2H6/c1-26-21-8-7-19-6-5-18(16-20(19)17-21)9-11-24-12-14-25(15-13-24)22-4-2-3-10-23-22;3*1-2/h2-4,7-8,10,17-18H,5-6,9,11-16H2,1H3;3*1-2H3. The average molecular weight is 442 g/mol. The number of nitrogens with zero attached hydrogens (tertiary/aromatic N) is 3. The minimum atomic E-state index is 0.809. The van der Waals surface area contributed by atoms with Crippen molar-refractivity contribution in [2.24, 2.45) is 5.92 Å². The Hall–Kier alpha value is -2.07. The van der Waals surface area contributed by atoms with E-state index in [1.807, 2.05) is 53.8 Å². The Bertz CT molecular complexity index is 712. The zero-order chi connectivity index (χ0) is 23.8. The number of fused-ring (bicyclic) bond motifs is 1. The van der Waals surface area contributed by atoms with Gasteiger partial charge in [-0.2, -0.15) is 0 Å². The van der Waals surface area contributed by atoms with Crippen molar-refractivity contribution in [1.82, 2.24) is 9.88 Å². The fraction of sp³-hybridized carbons (Fsp3) is 0.607. The van der Waals surface area contributed by atoms with Crippen molar-refractivity contribution in [3.63, 3.8) is 0 Å². The second-order valence-electron chi connectivity index (χ2n) is 7.55. The first kappa shape index (κ1) is 28.0. The number of anilines is 1. The molecule has 1 fully saturated rings. The van der Waals surface area contributed by atoms with Gasteiger partial charge in [0.2, 0.25) is 0 Å². The molecular weight excluding hydrogens is 394 g/mol. The van der Waals surface area contributed by atoms with Crippen LogP contribution in [0.3, 0.4) is 0 Å². The van der Waals surface area contributed by atoms with Crippen LogP contribution in [0.2, 0.25) is 0 Å². The van der Waals surface area contributed by atoms with Gasteiger partial charge in [-0.25, -0.2) is 4.98 Å². The molecule has 32 heavy (non-hydrogen) atoms. The van der Waals surface area contributed by atoms with E-state index in [2.05, 4.69) is 45.1 Å². The molecule has 1 unspecified atom stereocenters. The summed E-state index contributed by atoms with van der Waals surface area (Å²) < 4.78 is 5.40. The summed E-state index contributed by atoms with van der Waals surface area (Å²) in [5.74, 6) is 2.92. The van der Waals surface area contributed by atoms with E-state index in [9.17, 15) is 0 Å². The largest absolute Gasteiger partial charge is 0.497 e. The summed E-state index contributed by atoms with van der Waals surface area (Å²) in [6.07, 6.45) is 6.95. The lowest BCUT2D eigenvalue weighted by atomic mass is 9.82. The molecule has 1 aliphatic carbocycles. The van der Waals surface area contributed by atoms with Crippen molar-refractivity contribution in [2.45, 2.75) is 67.2 Å². The van der Waals surface area contributed by atoms with Crippen molar-refractivity contribution in [3.05, 3.63) is 53.7 Å². The van der Waals surface area contributed by atoms with E-state index < -0.39 is 0 Å². The lowest BCUT2D eigenvalue weighted by molar-refractivity contribution is 0.232. The van der Waals surface area contributed by atoms with Gasteiger partial charge in [-0.1, -0.05) is 53.7 Å². The molecule has 2 aromatic rings. The zero-order valence-corrected chi connectivity index (χ0v) is 21.7. The van der Waals surface area contributed by atoms with Gasteiger partial charge in [-0.3, -0.25) is 4.90 Å². The number of aromatic nitrogens is 1. The average Bonchev–Trinajstić information content (AvgIpc) is 2.91. The molecule has 0 N–H and O–H groups in total. The molecule has 1 aliphatic heterocycles. The van der Waals surface area contributed by atoms with Crippen LogP contribution in [-0.4, -0.2) is 49.7 Å². The van der Waals surface area contributed by atoms with E-state index in [0.29, 0.717) is 0 Å². The molecule has 0 bridgehead atoms. The fourth-order valence-corrected chi connectivity index (χ4v) is 4.29. The van der Waals surface area contributed by atoms with Gasteiger partial charge in [-0.05, 0) is 73.5 Å². The quantitative estimate of drug-likeness (QED) is 0.530. The van der Waals surface area contributed by atoms with Crippen LogP contribution in [0.4, 0.5) is 5.82 Å². The fourth-order valence-electron chi connectivity index (χ4n) is 4.29. The number of rotatable bonds is 5. The minimum absolute atomic E-state index is 0.809. The topological polar surface area (TPSA) is 28.6 Å². The minimum Gasteiger partial charge on any atom is -0.497 e. The lowest BCUT2D eigenvalue weighted by Gasteiger charge is -2.36. The molecule has 1 aromatic heterocycles. The summed E-state index contributed by atoms with van der Waals surface area (Å²) in [6.45, 7) is 17.7. The molecule has 1 atom stereocenters. The van der Waals surface area contributed by atoms with Crippen LogP contribution in [0.5, 0.6) is 5.75 Å². The van der Waals surface area contributed by atoms with Crippen molar-refractivity contribution >= 4 is 5.82 Å². The van der Waals surface area contributed by atoms with Gasteiger partial charge in [0, 0.05) is 32.4 Å². The SMILES string of the molecule is CC.CC.CC.COc1ccc2c(c1)CC(CCN1CCN(c3ccccn3)CC1)CC2. The Morgan fingerprint density at radius 3 is 2.25 bits per heavy atom. The maximum absolute atomic E-state index is 5.40. The number of hydrogen-bond acceptors (Lipinski definition) is 4. The molecule has 2 heterocycles. The number of pyridine rings is 1. The predicted molar refractivity (Wildman–Crippen MR) is 140 cm³/mol. The number of methoxy groups -OCH3 is 1. The third-order valence-corrected chi connectivity index (χ3v) is 5.94. The molecule has 4 heteroatoms. The van der Waals surface area contributed by atoms with Gasteiger partial charge in [0.05, 0.1) is 7.11 Å². The molecule has 1 saturated heterocycles. The highest BCUT2D eigenvalue weighted by atomic mass is 16.5. The van der Waals surface area contributed by atoms with Crippen LogP contribution >= 0.6 is 0 Å². The molecule has 4 nitrogen and oxygen atoms in total. The highest BCUT2D eigenvalue weighted by Gasteiger charge is 2.22. The Balaban J connectivity index is 0.000000789. The number of ether oxygens (including phenoxy) is 1. The van der Waals surface area contributed by atoms with E-state index in [-0.39, 0.29) is 0 Å². The first-order valence-corrected chi connectivity index (χ1v) is 12.9. The Labute approximate surface area is 198 Å². The van der Waals surface area contributed by atoms with Crippen LogP contribution in [0, 0.1) is 5.92 Å². The van der Waals surface area contributed by atoms with Gasteiger partial charge >= 0.3 is 0 Å². The number of piperazine rings is 1. The van der Waals surface area contributed by atoms with E-state index in [0.717, 1.165) is 43.7 Å². The summed E-state index contributed by atoms with van der Waals surface area (Å²) in [7, 11) is 1.76. The lowest BCUT2D eigenvalue weighted by Crippen LogP contribution is -2.47. The number of aryl methyl sites for hydroxylation is 1. The molecule has 2 aliphatic rings. The Morgan fingerprint density at radius 2 is 1.62 bits per heavy atom. The van der Waals surface area contributed by atoms with Gasteiger partial charge in [0.15, 0.2) is 0 Å². The number of benzene rings is 1. The molecule has 180 valence electrons. The van der Waals surface area contributed by atoms with E-state index >= 15 is 0 Å². The van der Waals surface area contributed by atoms with Crippen LogP contribution in [0.1, 0.15) is 65.5 Å². The first-order valence-electron chi connectivity index (χ1n) is 12.9. The third kappa shape index (κ3) is 8.46. The summed E-state index contributed by atoms with van der Waals surface area (Å²) in [5, 5.41) is 0. The summed E-state index contributed by atoms with van der Waals surface area (Å²) in [4.78, 5) is 9.51. The number of hydrogen-bond donors (Lipinski definition) is 0. The van der Waals surface area contributed by atoms with E-state index in [1.165, 1.54) is 43.4 Å². The smallest absolute Gasteiger partial charge is 0.128 e. The normalized spacial score (nSPS) is 17.3. The van der Waals surface area contributed by atoms with Crippen LogP contribution in [0.15, 0.2) is 42.6 Å². The van der Waals surface area contributed by atoms with Crippen LogP contribution in [-0.2, 0) is 12.8 Å². The zero-order valence-electron chi connectivity index (χ0n) is 21.7. The summed E-state index contributed by atoms with van der Waals surface area (Å²) in [6, 6.07) is 12.8. The van der Waals surface area contributed by atoms with Crippen molar-refractivity contribution in [2.75, 3.05) is 44.7 Å². The second kappa shape index (κ2) is 16.5. The molecule has 1 aromatic carbocycles. The van der Waals surface area contributed by atoms with Crippen LogP contribution < -0.4 is 9.64 Å². The van der Waals surface area contributed by atoms with Gasteiger partial charge < -0.3 is 9.64 Å². The predicted octanol–water partition coefficient (Wildman–Crippen LogP) is 6.49. The van der Waals surface area contributed by atoms with E-state index in [1.54, 1.807) is 7.11 Å². The van der Waals surface area contributed by atoms with Crippen molar-refractivity contribution in [1.29, 1.82) is 0 Å². The highest BCUT2D eigenvalue weighted by molar-refractivity contribution is 5.38. The maximum Gasteiger partial charge on any atom is 0.128 e. The first-order chi connectivity index (χ1) is 15.8. The van der Waals surface area contributed by atoms with Crippen molar-refractivity contribution < 1.29 is 4.74 Å². The van der Waals surface area contributed by atoms with Gasteiger partial charge in [-0.15, -0.1) is 0 Å². The second-order valence-corrected chi connectivity index (χ2v) is 7.55. The van der Waals surface area contributed by atoms with Gasteiger partial charge in [0.25, 0.3) is 0 Å². The van der Waals surface area contributed by atoms with Gasteiger partial charge in [0.1, 0.15) is 11.6 Å². The summed E-state index contributed by atoms with van der Waals surface area (Å²) in [5.41, 5.74) is 3.02. The third-order valence-electron chi connectivity index (χ3n) is 5.94. The monoisotopic (exact) mass is 441 g/mol.